The van der Waals surface area contributed by atoms with Gasteiger partial charge in [-0.1, -0.05) is 30.3 Å². The molecule has 5 nitrogen and oxygen atoms in total. The van der Waals surface area contributed by atoms with Gasteiger partial charge in [0.05, 0.1) is 11.3 Å². The van der Waals surface area contributed by atoms with Crippen molar-refractivity contribution in [1.82, 2.24) is 10.2 Å². The van der Waals surface area contributed by atoms with Crippen molar-refractivity contribution in [2.24, 2.45) is 0 Å². The van der Waals surface area contributed by atoms with E-state index >= 15 is 0 Å². The summed E-state index contributed by atoms with van der Waals surface area (Å²) in [6.45, 7) is 11.4. The minimum Gasteiger partial charge on any atom is -0.368 e. The molecule has 0 aromatic heterocycles. The third kappa shape index (κ3) is 5.84. The summed E-state index contributed by atoms with van der Waals surface area (Å²) >= 11 is 0. The summed E-state index contributed by atoms with van der Waals surface area (Å²) in [5.74, 6) is 0. The van der Waals surface area contributed by atoms with E-state index in [1.54, 1.807) is 0 Å². The molecule has 4 rings (SSSR count). The zero-order chi connectivity index (χ0) is 20.2. The molecule has 2 heterocycles. The Bertz CT molecular complexity index is 870. The minimum absolute atomic E-state index is 0. The number of nitrogens with zero attached hydrogens (tertiary/aromatic N) is 4. The van der Waals surface area contributed by atoms with Gasteiger partial charge in [-0.2, -0.15) is 5.26 Å². The van der Waals surface area contributed by atoms with E-state index in [4.69, 9.17) is 0 Å². The van der Waals surface area contributed by atoms with Gasteiger partial charge in [-0.3, -0.25) is 4.90 Å². The predicted octanol–water partition coefficient (Wildman–Crippen LogP) is 3.91. The van der Waals surface area contributed by atoms with Crippen molar-refractivity contribution in [3.05, 3.63) is 59.7 Å². The zero-order valence-electron chi connectivity index (χ0n) is 18.3. The van der Waals surface area contributed by atoms with E-state index in [0.717, 1.165) is 62.8 Å². The van der Waals surface area contributed by atoms with Crippen LogP contribution in [0.25, 0.3) is 0 Å². The topological polar surface area (TPSA) is 45.5 Å². The fourth-order valence-corrected chi connectivity index (χ4v) is 4.56. The highest BCUT2D eigenvalue weighted by molar-refractivity contribution is 5.85. The molecule has 0 saturated carbocycles. The van der Waals surface area contributed by atoms with Crippen LogP contribution in [-0.4, -0.2) is 56.3 Å². The lowest BCUT2D eigenvalue weighted by molar-refractivity contribution is 0.181. The number of nitrogens with one attached hydrogen (secondary N) is 1. The van der Waals surface area contributed by atoms with Crippen molar-refractivity contribution in [3.8, 4) is 6.07 Å². The molecule has 0 amide bonds. The maximum Gasteiger partial charge on any atom is 0.101 e. The van der Waals surface area contributed by atoms with Crippen LogP contribution in [-0.2, 0) is 6.54 Å². The maximum absolute atomic E-state index is 9.83. The van der Waals surface area contributed by atoms with Crippen LogP contribution in [0.15, 0.2) is 48.5 Å². The number of piperazine rings is 2. The Hall–Kier alpha value is -1.97. The Morgan fingerprint density at radius 2 is 1.77 bits per heavy atom. The van der Waals surface area contributed by atoms with E-state index in [-0.39, 0.29) is 24.8 Å². The number of halogens is 2. The summed E-state index contributed by atoms with van der Waals surface area (Å²) in [4.78, 5) is 7.33. The highest BCUT2D eigenvalue weighted by Gasteiger charge is 2.26. The van der Waals surface area contributed by atoms with Crippen molar-refractivity contribution in [2.45, 2.75) is 32.5 Å². The molecule has 168 valence electrons. The molecule has 1 N–H and O–H groups in total. The summed E-state index contributed by atoms with van der Waals surface area (Å²) < 4.78 is 0. The number of anilines is 2. The Morgan fingerprint density at radius 3 is 2.45 bits per heavy atom. The van der Waals surface area contributed by atoms with Gasteiger partial charge in [0.15, 0.2) is 0 Å². The molecule has 2 fully saturated rings. The molecule has 0 unspecified atom stereocenters. The Balaban J connectivity index is 0.00000171. The van der Waals surface area contributed by atoms with Crippen LogP contribution >= 0.6 is 24.8 Å². The van der Waals surface area contributed by atoms with Gasteiger partial charge >= 0.3 is 0 Å². The zero-order valence-corrected chi connectivity index (χ0v) is 20.0. The molecule has 2 aliphatic rings. The minimum atomic E-state index is 0. The lowest BCUT2D eigenvalue weighted by atomic mass is 10.1. The summed E-state index contributed by atoms with van der Waals surface area (Å²) in [6, 6.07) is 20.5. The monoisotopic (exact) mass is 461 g/mol. The van der Waals surface area contributed by atoms with Crippen LogP contribution in [0.2, 0.25) is 0 Å². The highest BCUT2D eigenvalue weighted by atomic mass is 35.5. The average molecular weight is 462 g/mol. The normalized spacial score (nSPS) is 21.6. The van der Waals surface area contributed by atoms with Crippen LogP contribution in [0, 0.1) is 11.3 Å². The van der Waals surface area contributed by atoms with Gasteiger partial charge in [0.25, 0.3) is 0 Å². The van der Waals surface area contributed by atoms with E-state index in [2.05, 4.69) is 88.5 Å². The molecule has 2 aliphatic heterocycles. The molecule has 0 aliphatic carbocycles. The van der Waals surface area contributed by atoms with Crippen molar-refractivity contribution >= 4 is 36.2 Å². The lowest BCUT2D eigenvalue weighted by Crippen LogP contribution is -2.51. The van der Waals surface area contributed by atoms with Crippen LogP contribution in [0.3, 0.4) is 0 Å². The third-order valence-electron chi connectivity index (χ3n) is 6.27. The van der Waals surface area contributed by atoms with Crippen molar-refractivity contribution in [2.75, 3.05) is 49.1 Å². The van der Waals surface area contributed by atoms with Gasteiger partial charge in [0.2, 0.25) is 0 Å². The van der Waals surface area contributed by atoms with Crippen molar-refractivity contribution in [3.63, 3.8) is 0 Å². The van der Waals surface area contributed by atoms with Gasteiger partial charge in [0, 0.05) is 63.6 Å². The van der Waals surface area contributed by atoms with Crippen LogP contribution in [0.5, 0.6) is 0 Å². The molecule has 0 spiro atoms. The second-order valence-corrected chi connectivity index (χ2v) is 8.31. The highest BCUT2D eigenvalue weighted by Crippen LogP contribution is 2.29. The van der Waals surface area contributed by atoms with Crippen molar-refractivity contribution < 1.29 is 0 Å². The van der Waals surface area contributed by atoms with Crippen LogP contribution < -0.4 is 15.1 Å². The molecule has 7 heteroatoms. The first kappa shape index (κ1) is 25.3. The van der Waals surface area contributed by atoms with E-state index in [1.807, 2.05) is 0 Å². The quantitative estimate of drug-likeness (QED) is 0.747. The predicted molar refractivity (Wildman–Crippen MR) is 134 cm³/mol. The summed E-state index contributed by atoms with van der Waals surface area (Å²) in [7, 11) is 0. The number of hydrogen-bond donors (Lipinski definition) is 1. The second kappa shape index (κ2) is 11.6. The van der Waals surface area contributed by atoms with Gasteiger partial charge < -0.3 is 15.1 Å². The van der Waals surface area contributed by atoms with Gasteiger partial charge in [-0.05, 0) is 37.6 Å². The fraction of sp³-hybridized carbons (Fsp3) is 0.458. The molecule has 0 radical (unpaired) electrons. The number of hydrogen-bond acceptors (Lipinski definition) is 5. The van der Waals surface area contributed by atoms with E-state index in [1.165, 1.54) is 5.56 Å². The largest absolute Gasteiger partial charge is 0.368 e. The maximum atomic E-state index is 9.83. The Morgan fingerprint density at radius 1 is 1.00 bits per heavy atom. The van der Waals surface area contributed by atoms with Crippen LogP contribution in [0.1, 0.15) is 25.0 Å². The average Bonchev–Trinajstić information content (AvgIpc) is 2.76. The summed E-state index contributed by atoms with van der Waals surface area (Å²) in [5.41, 5.74) is 4.39. The van der Waals surface area contributed by atoms with Crippen molar-refractivity contribution in [1.29, 1.82) is 5.26 Å². The Kier molecular flexibility index (Phi) is 9.46. The molecule has 2 aromatic carbocycles. The molecule has 0 bridgehead atoms. The molecular formula is C24H33Cl2N5. The third-order valence-corrected chi connectivity index (χ3v) is 6.27. The number of benzene rings is 2. The summed E-state index contributed by atoms with van der Waals surface area (Å²) in [5, 5.41) is 13.3. The smallest absolute Gasteiger partial charge is 0.101 e. The van der Waals surface area contributed by atoms with Gasteiger partial charge in [0.1, 0.15) is 6.07 Å². The number of rotatable bonds is 4. The molecular weight excluding hydrogens is 429 g/mol. The van der Waals surface area contributed by atoms with E-state index < -0.39 is 0 Å². The van der Waals surface area contributed by atoms with Gasteiger partial charge in [-0.25, -0.2) is 0 Å². The molecule has 31 heavy (non-hydrogen) atoms. The first-order chi connectivity index (χ1) is 14.2. The first-order valence-electron chi connectivity index (χ1n) is 10.7. The van der Waals surface area contributed by atoms with E-state index in [0.29, 0.717) is 12.1 Å². The first-order valence-corrected chi connectivity index (χ1v) is 10.7. The fourth-order valence-electron chi connectivity index (χ4n) is 4.56. The summed E-state index contributed by atoms with van der Waals surface area (Å²) in [6.07, 6.45) is 0. The lowest BCUT2D eigenvalue weighted by Gasteiger charge is -2.41. The van der Waals surface area contributed by atoms with Gasteiger partial charge in [-0.15, -0.1) is 24.8 Å². The van der Waals surface area contributed by atoms with Crippen LogP contribution in [0.4, 0.5) is 11.4 Å². The molecule has 2 aromatic rings. The molecule has 2 saturated heterocycles. The molecule has 2 atom stereocenters. The number of nitriles is 1. The second-order valence-electron chi connectivity index (χ2n) is 8.31. The van der Waals surface area contributed by atoms with E-state index in [9.17, 15) is 5.26 Å². The SMILES string of the molecule is C[C@@H]1CN(c2ccc(N3CCNC[C@H]3C)cc2C#N)CCN1Cc1ccccc1.Cl.Cl. The Labute approximate surface area is 198 Å². The standard InChI is InChI=1S/C24H31N5.2ClH/c1-19-16-26-10-11-29(19)23-8-9-24(22(14-23)15-25)28-13-12-27(20(2)17-28)18-21-6-4-3-5-7-21;;/h3-9,14,19-20,26H,10-13,16-18H2,1-2H3;2*1H/t19-,20-;;/m1../s1.